The summed E-state index contributed by atoms with van der Waals surface area (Å²) in [7, 11) is 3.11. The van der Waals surface area contributed by atoms with E-state index in [-0.39, 0.29) is 17.6 Å². The van der Waals surface area contributed by atoms with E-state index in [1.165, 1.54) is 16.8 Å². The average molecular weight is 424 g/mol. The van der Waals surface area contributed by atoms with Crippen molar-refractivity contribution in [2.24, 2.45) is 0 Å². The van der Waals surface area contributed by atoms with E-state index in [0.29, 0.717) is 34.1 Å². The first kappa shape index (κ1) is 21.8. The predicted molar refractivity (Wildman–Crippen MR) is 116 cm³/mol. The molecule has 0 aliphatic carbocycles. The van der Waals surface area contributed by atoms with Crippen LogP contribution in [0.2, 0.25) is 0 Å². The fourth-order valence-electron chi connectivity index (χ4n) is 3.00. The van der Waals surface area contributed by atoms with Gasteiger partial charge in [-0.15, -0.1) is 0 Å². The Morgan fingerprint density at radius 3 is 2.45 bits per heavy atom. The molecule has 31 heavy (non-hydrogen) atoms. The summed E-state index contributed by atoms with van der Waals surface area (Å²) in [6.45, 7) is 3.89. The normalized spacial score (nSPS) is 11.6. The van der Waals surface area contributed by atoms with E-state index in [4.69, 9.17) is 9.47 Å². The molecular weight excluding hydrogens is 400 g/mol. The lowest BCUT2D eigenvalue weighted by molar-refractivity contribution is -0.384. The van der Waals surface area contributed by atoms with Crippen LogP contribution >= 0.6 is 0 Å². The summed E-state index contributed by atoms with van der Waals surface area (Å²) in [5.41, 5.74) is 1.99. The van der Waals surface area contributed by atoms with Gasteiger partial charge in [-0.1, -0.05) is 6.92 Å². The molecule has 2 aromatic carbocycles. The van der Waals surface area contributed by atoms with Crippen LogP contribution in [0.15, 0.2) is 48.5 Å². The van der Waals surface area contributed by atoms with Crippen LogP contribution in [0.4, 0.5) is 5.69 Å². The summed E-state index contributed by atoms with van der Waals surface area (Å²) < 4.78 is 12.2. The molecule has 0 aliphatic heterocycles. The Morgan fingerprint density at radius 1 is 1.16 bits per heavy atom. The number of carbonyl (C=O) groups is 1. The van der Waals surface area contributed by atoms with Crippen molar-refractivity contribution in [3.05, 3.63) is 64.3 Å². The molecule has 1 amide bonds. The first-order valence-corrected chi connectivity index (χ1v) is 9.76. The van der Waals surface area contributed by atoms with Gasteiger partial charge in [-0.25, -0.2) is 4.68 Å². The van der Waals surface area contributed by atoms with E-state index < -0.39 is 4.92 Å². The van der Waals surface area contributed by atoms with Crippen molar-refractivity contribution < 1.29 is 19.2 Å². The fraction of sp³-hybridized carbons (Fsp3) is 0.273. The Bertz CT molecular complexity index is 1090. The van der Waals surface area contributed by atoms with Gasteiger partial charge in [0.25, 0.3) is 11.6 Å². The highest BCUT2D eigenvalue weighted by molar-refractivity contribution is 5.94. The Hall–Kier alpha value is -3.88. The first-order valence-electron chi connectivity index (χ1n) is 9.76. The maximum atomic E-state index is 13.0. The number of ether oxygens (including phenoxy) is 2. The monoisotopic (exact) mass is 424 g/mol. The van der Waals surface area contributed by atoms with Crippen molar-refractivity contribution in [2.75, 3.05) is 14.2 Å². The summed E-state index contributed by atoms with van der Waals surface area (Å²) in [4.78, 5) is 23.5. The molecule has 162 valence electrons. The minimum absolute atomic E-state index is 0.0216. The molecule has 1 aromatic heterocycles. The molecule has 0 aliphatic rings. The molecule has 1 unspecified atom stereocenters. The van der Waals surface area contributed by atoms with Crippen molar-refractivity contribution in [1.82, 2.24) is 15.1 Å². The van der Waals surface area contributed by atoms with Gasteiger partial charge in [-0.2, -0.15) is 5.10 Å². The summed E-state index contributed by atoms with van der Waals surface area (Å²) in [6, 6.07) is 12.8. The van der Waals surface area contributed by atoms with E-state index >= 15 is 0 Å². The average Bonchev–Trinajstić information content (AvgIpc) is 3.23. The van der Waals surface area contributed by atoms with Crippen molar-refractivity contribution in [3.63, 3.8) is 0 Å². The highest BCUT2D eigenvalue weighted by atomic mass is 16.6. The number of non-ortho nitro benzene ring substituents is 1. The van der Waals surface area contributed by atoms with Crippen LogP contribution in [-0.2, 0) is 0 Å². The number of nitro groups is 1. The quantitative estimate of drug-likeness (QED) is 0.433. The number of hydrogen-bond acceptors (Lipinski definition) is 6. The number of nitrogens with one attached hydrogen (secondary N) is 1. The number of carbonyl (C=O) groups excluding carboxylic acids is 1. The lowest BCUT2D eigenvalue weighted by atomic mass is 10.1. The Balaban J connectivity index is 2.12. The fourth-order valence-corrected chi connectivity index (χ4v) is 3.00. The van der Waals surface area contributed by atoms with Gasteiger partial charge in [0.05, 0.1) is 30.5 Å². The van der Waals surface area contributed by atoms with Crippen LogP contribution in [-0.4, -0.2) is 40.9 Å². The maximum absolute atomic E-state index is 13.0. The molecule has 0 saturated heterocycles. The maximum Gasteiger partial charge on any atom is 0.270 e. The smallest absolute Gasteiger partial charge is 0.270 e. The topological polar surface area (TPSA) is 109 Å². The van der Waals surface area contributed by atoms with Gasteiger partial charge in [0, 0.05) is 29.8 Å². The molecule has 1 N–H and O–H groups in total. The Kier molecular flexibility index (Phi) is 6.54. The number of nitro benzene ring substituents is 1. The molecule has 0 spiro atoms. The second-order valence-corrected chi connectivity index (χ2v) is 6.95. The van der Waals surface area contributed by atoms with E-state index in [1.807, 2.05) is 13.8 Å². The second-order valence-electron chi connectivity index (χ2n) is 6.95. The number of hydrogen-bond donors (Lipinski definition) is 1. The standard InChI is InChI=1S/C22H24N4O5/c1-5-14(2)23-22(27)20-13-19(18-11-10-17(30-3)12-21(18)31-4)24-25(20)15-6-8-16(9-7-15)26(28)29/h6-14H,5H2,1-4H3,(H,23,27). The molecule has 9 heteroatoms. The summed E-state index contributed by atoms with van der Waals surface area (Å²) >= 11 is 0. The third kappa shape index (κ3) is 4.66. The van der Waals surface area contributed by atoms with Gasteiger partial charge >= 0.3 is 0 Å². The zero-order valence-corrected chi connectivity index (χ0v) is 17.8. The third-order valence-corrected chi connectivity index (χ3v) is 4.92. The molecule has 0 radical (unpaired) electrons. The minimum atomic E-state index is -0.475. The van der Waals surface area contributed by atoms with Crippen LogP contribution in [0.25, 0.3) is 16.9 Å². The van der Waals surface area contributed by atoms with Crippen LogP contribution in [0, 0.1) is 10.1 Å². The van der Waals surface area contributed by atoms with Crippen LogP contribution in [0.1, 0.15) is 30.8 Å². The number of aromatic nitrogens is 2. The van der Waals surface area contributed by atoms with Gasteiger partial charge < -0.3 is 14.8 Å². The van der Waals surface area contributed by atoms with Gasteiger partial charge in [-0.05, 0) is 43.7 Å². The molecule has 0 bridgehead atoms. The number of methoxy groups -OCH3 is 2. The minimum Gasteiger partial charge on any atom is -0.497 e. The Morgan fingerprint density at radius 2 is 1.87 bits per heavy atom. The predicted octanol–water partition coefficient (Wildman–Crippen LogP) is 3.99. The number of nitrogens with zero attached hydrogens (tertiary/aromatic N) is 3. The van der Waals surface area contributed by atoms with E-state index in [2.05, 4.69) is 10.4 Å². The molecule has 3 aromatic rings. The van der Waals surface area contributed by atoms with E-state index in [0.717, 1.165) is 6.42 Å². The number of amides is 1. The molecule has 9 nitrogen and oxygen atoms in total. The number of rotatable bonds is 8. The molecular formula is C22H24N4O5. The van der Waals surface area contributed by atoms with Gasteiger partial charge in [0.2, 0.25) is 0 Å². The Labute approximate surface area is 179 Å². The van der Waals surface area contributed by atoms with Gasteiger partial charge in [0.15, 0.2) is 0 Å². The van der Waals surface area contributed by atoms with Gasteiger partial charge in [-0.3, -0.25) is 14.9 Å². The SMILES string of the molecule is CCC(C)NC(=O)c1cc(-c2ccc(OC)cc2OC)nn1-c1ccc([N+](=O)[O-])cc1. The number of benzene rings is 2. The van der Waals surface area contributed by atoms with E-state index in [9.17, 15) is 14.9 Å². The van der Waals surface area contributed by atoms with Crippen LogP contribution in [0.5, 0.6) is 11.5 Å². The zero-order valence-electron chi connectivity index (χ0n) is 17.8. The molecule has 1 heterocycles. The van der Waals surface area contributed by atoms with Crippen LogP contribution in [0.3, 0.4) is 0 Å². The first-order chi connectivity index (χ1) is 14.9. The van der Waals surface area contributed by atoms with Crippen molar-refractivity contribution >= 4 is 11.6 Å². The van der Waals surface area contributed by atoms with Crippen molar-refractivity contribution in [3.8, 4) is 28.4 Å². The second kappa shape index (κ2) is 9.29. The summed E-state index contributed by atoms with van der Waals surface area (Å²) in [6.07, 6.45) is 0.774. The lowest BCUT2D eigenvalue weighted by Crippen LogP contribution is -2.33. The lowest BCUT2D eigenvalue weighted by Gasteiger charge is -2.12. The molecule has 0 fully saturated rings. The zero-order chi connectivity index (χ0) is 22.5. The van der Waals surface area contributed by atoms with Crippen molar-refractivity contribution in [1.29, 1.82) is 0 Å². The molecule has 0 saturated carbocycles. The van der Waals surface area contributed by atoms with E-state index in [1.54, 1.807) is 50.6 Å². The molecule has 3 rings (SSSR count). The third-order valence-electron chi connectivity index (χ3n) is 4.92. The highest BCUT2D eigenvalue weighted by Crippen LogP contribution is 2.33. The summed E-state index contributed by atoms with van der Waals surface area (Å²) in [5, 5.41) is 18.5. The van der Waals surface area contributed by atoms with Crippen molar-refractivity contribution in [2.45, 2.75) is 26.3 Å². The molecule has 1 atom stereocenters. The van der Waals surface area contributed by atoms with Crippen LogP contribution < -0.4 is 14.8 Å². The van der Waals surface area contributed by atoms with Gasteiger partial charge in [0.1, 0.15) is 17.2 Å². The summed E-state index contributed by atoms with van der Waals surface area (Å²) in [5.74, 6) is 0.880. The highest BCUT2D eigenvalue weighted by Gasteiger charge is 2.21. The largest absolute Gasteiger partial charge is 0.497 e.